The Bertz CT molecular complexity index is 840. The first-order valence-electron chi connectivity index (χ1n) is 7.64. The molecule has 0 unspecified atom stereocenters. The number of hydrogen-bond donors (Lipinski definition) is 1. The smallest absolute Gasteiger partial charge is 0.212 e. The van der Waals surface area contributed by atoms with E-state index in [0.717, 1.165) is 22.5 Å². The molecule has 0 saturated heterocycles. The van der Waals surface area contributed by atoms with Gasteiger partial charge in [0.2, 0.25) is 10.0 Å². The van der Waals surface area contributed by atoms with Gasteiger partial charge in [0.15, 0.2) is 0 Å². The van der Waals surface area contributed by atoms with Crippen LogP contribution in [0.1, 0.15) is 16.0 Å². The lowest BCUT2D eigenvalue weighted by molar-refractivity contribution is 0.580. The first-order chi connectivity index (χ1) is 11.6. The molecule has 0 amide bonds. The van der Waals surface area contributed by atoms with E-state index in [9.17, 15) is 8.42 Å². The van der Waals surface area contributed by atoms with Crippen LogP contribution in [-0.2, 0) is 29.5 Å². The zero-order valence-corrected chi connectivity index (χ0v) is 14.8. The van der Waals surface area contributed by atoms with E-state index in [1.165, 1.54) is 0 Å². The van der Waals surface area contributed by atoms with Gasteiger partial charge in [-0.15, -0.1) is 11.3 Å². The number of aryl methyl sites for hydroxylation is 1. The standard InChI is InChI=1S/C17H19N3O2S2/c21-24(22,11-7-17-2-1-10-23-17)19-12-15-3-5-16(6-4-15)13-20-9-8-18-14-20/h1-6,8-10,14,19H,7,11-13H2. The normalized spacial score (nSPS) is 11.7. The van der Waals surface area contributed by atoms with Gasteiger partial charge in [0.1, 0.15) is 0 Å². The van der Waals surface area contributed by atoms with E-state index < -0.39 is 10.0 Å². The summed E-state index contributed by atoms with van der Waals surface area (Å²) in [6, 6.07) is 11.8. The maximum Gasteiger partial charge on any atom is 0.212 e. The van der Waals surface area contributed by atoms with Gasteiger partial charge in [0.25, 0.3) is 0 Å². The lowest BCUT2D eigenvalue weighted by atomic mass is 10.1. The van der Waals surface area contributed by atoms with Gasteiger partial charge in [-0.3, -0.25) is 0 Å². The van der Waals surface area contributed by atoms with Gasteiger partial charge in [-0.1, -0.05) is 30.3 Å². The van der Waals surface area contributed by atoms with Crippen molar-refractivity contribution in [3.05, 3.63) is 76.5 Å². The summed E-state index contributed by atoms with van der Waals surface area (Å²) >= 11 is 1.58. The fourth-order valence-corrected chi connectivity index (χ4v) is 4.17. The average molecular weight is 361 g/mol. The molecule has 7 heteroatoms. The zero-order chi connectivity index (χ0) is 16.8. The number of benzene rings is 1. The Kier molecular flexibility index (Phi) is 5.44. The van der Waals surface area contributed by atoms with Crippen LogP contribution in [0.15, 0.2) is 60.5 Å². The number of imidazole rings is 1. The molecule has 0 saturated carbocycles. The van der Waals surface area contributed by atoms with Crippen LogP contribution in [-0.4, -0.2) is 23.7 Å². The van der Waals surface area contributed by atoms with Crippen LogP contribution < -0.4 is 4.72 Å². The van der Waals surface area contributed by atoms with E-state index in [1.807, 2.05) is 52.5 Å². The highest BCUT2D eigenvalue weighted by Crippen LogP contribution is 2.10. The third-order valence-electron chi connectivity index (χ3n) is 3.64. The lowest BCUT2D eigenvalue weighted by Gasteiger charge is -2.08. The average Bonchev–Trinajstić information content (AvgIpc) is 3.26. The monoisotopic (exact) mass is 361 g/mol. The highest BCUT2D eigenvalue weighted by molar-refractivity contribution is 7.89. The summed E-state index contributed by atoms with van der Waals surface area (Å²) in [5, 5.41) is 1.96. The molecule has 1 N–H and O–H groups in total. The molecule has 0 bridgehead atoms. The molecule has 0 radical (unpaired) electrons. The maximum absolute atomic E-state index is 12.1. The summed E-state index contributed by atoms with van der Waals surface area (Å²) in [5.74, 6) is 0.117. The molecule has 3 rings (SSSR count). The van der Waals surface area contributed by atoms with Crippen molar-refractivity contribution in [3.63, 3.8) is 0 Å². The topological polar surface area (TPSA) is 64.0 Å². The van der Waals surface area contributed by atoms with Gasteiger partial charge in [-0.2, -0.15) is 0 Å². The highest BCUT2D eigenvalue weighted by Gasteiger charge is 2.10. The number of sulfonamides is 1. The largest absolute Gasteiger partial charge is 0.333 e. The van der Waals surface area contributed by atoms with Crippen molar-refractivity contribution in [2.24, 2.45) is 0 Å². The molecule has 0 fully saturated rings. The first kappa shape index (κ1) is 16.9. The predicted octanol–water partition coefficient (Wildman–Crippen LogP) is 2.66. The number of aromatic nitrogens is 2. The zero-order valence-electron chi connectivity index (χ0n) is 13.1. The van der Waals surface area contributed by atoms with Crippen molar-refractivity contribution in [2.75, 3.05) is 5.75 Å². The molecule has 1 aromatic carbocycles. The van der Waals surface area contributed by atoms with Crippen molar-refractivity contribution in [1.29, 1.82) is 0 Å². The minimum atomic E-state index is -3.26. The third-order valence-corrected chi connectivity index (χ3v) is 5.90. The molecule has 0 aliphatic rings. The quantitative estimate of drug-likeness (QED) is 0.671. The maximum atomic E-state index is 12.1. The third kappa shape index (κ3) is 5.02. The molecule has 0 aliphatic heterocycles. The SMILES string of the molecule is O=S(=O)(CCc1cccs1)NCc1ccc(Cn2ccnc2)cc1. The fraction of sp³-hybridized carbons (Fsp3) is 0.235. The molecule has 2 aromatic heterocycles. The number of thiophene rings is 1. The van der Waals surface area contributed by atoms with Crippen LogP contribution >= 0.6 is 11.3 Å². The minimum absolute atomic E-state index is 0.117. The molecule has 126 valence electrons. The van der Waals surface area contributed by atoms with Crippen LogP contribution in [0.4, 0.5) is 0 Å². The number of hydrogen-bond acceptors (Lipinski definition) is 4. The Morgan fingerprint density at radius 1 is 1.12 bits per heavy atom. The van der Waals surface area contributed by atoms with Crippen LogP contribution in [0.5, 0.6) is 0 Å². The second-order valence-electron chi connectivity index (χ2n) is 5.52. The molecule has 0 spiro atoms. The van der Waals surface area contributed by atoms with Crippen LogP contribution in [0, 0.1) is 0 Å². The molecule has 0 aliphatic carbocycles. The number of rotatable bonds is 8. The first-order valence-corrected chi connectivity index (χ1v) is 10.2. The highest BCUT2D eigenvalue weighted by atomic mass is 32.2. The summed E-state index contributed by atoms with van der Waals surface area (Å²) < 4.78 is 28.8. The van der Waals surface area contributed by atoms with E-state index in [-0.39, 0.29) is 5.75 Å². The lowest BCUT2D eigenvalue weighted by Crippen LogP contribution is -2.26. The van der Waals surface area contributed by atoms with Crippen molar-refractivity contribution in [2.45, 2.75) is 19.5 Å². The van der Waals surface area contributed by atoms with Gasteiger partial charge in [0, 0.05) is 30.4 Å². The second kappa shape index (κ2) is 7.74. The molecule has 2 heterocycles. The van der Waals surface area contributed by atoms with Gasteiger partial charge < -0.3 is 4.57 Å². The number of nitrogens with zero attached hydrogens (tertiary/aromatic N) is 2. The van der Waals surface area contributed by atoms with Crippen LogP contribution in [0.3, 0.4) is 0 Å². The summed E-state index contributed by atoms with van der Waals surface area (Å²) in [6.45, 7) is 1.07. The minimum Gasteiger partial charge on any atom is -0.333 e. The van der Waals surface area contributed by atoms with Crippen molar-refractivity contribution >= 4 is 21.4 Å². The van der Waals surface area contributed by atoms with E-state index >= 15 is 0 Å². The Morgan fingerprint density at radius 3 is 2.58 bits per heavy atom. The Labute approximate surface area is 146 Å². The molecular formula is C17H19N3O2S2. The van der Waals surface area contributed by atoms with Crippen molar-refractivity contribution in [3.8, 4) is 0 Å². The fourth-order valence-electron chi connectivity index (χ4n) is 2.31. The van der Waals surface area contributed by atoms with Gasteiger partial charge in [-0.25, -0.2) is 18.1 Å². The van der Waals surface area contributed by atoms with E-state index in [4.69, 9.17) is 0 Å². The van der Waals surface area contributed by atoms with Crippen molar-refractivity contribution < 1.29 is 8.42 Å². The Balaban J connectivity index is 1.50. The summed E-state index contributed by atoms with van der Waals surface area (Å²) in [6.07, 6.45) is 5.99. The molecule has 5 nitrogen and oxygen atoms in total. The number of nitrogens with one attached hydrogen (secondary N) is 1. The second-order valence-corrected chi connectivity index (χ2v) is 8.48. The predicted molar refractivity (Wildman–Crippen MR) is 96.4 cm³/mol. The van der Waals surface area contributed by atoms with Gasteiger partial charge in [-0.05, 0) is 29.0 Å². The van der Waals surface area contributed by atoms with Crippen LogP contribution in [0.2, 0.25) is 0 Å². The van der Waals surface area contributed by atoms with Gasteiger partial charge in [0.05, 0.1) is 12.1 Å². The Hall–Kier alpha value is -1.96. The molecule has 0 atom stereocenters. The van der Waals surface area contributed by atoms with Gasteiger partial charge >= 0.3 is 0 Å². The molecule has 24 heavy (non-hydrogen) atoms. The van der Waals surface area contributed by atoms with E-state index in [0.29, 0.717) is 13.0 Å². The van der Waals surface area contributed by atoms with E-state index in [2.05, 4.69) is 9.71 Å². The van der Waals surface area contributed by atoms with Crippen molar-refractivity contribution in [1.82, 2.24) is 14.3 Å². The Morgan fingerprint density at radius 2 is 1.92 bits per heavy atom. The summed E-state index contributed by atoms with van der Waals surface area (Å²) in [4.78, 5) is 5.10. The van der Waals surface area contributed by atoms with Crippen LogP contribution in [0.25, 0.3) is 0 Å². The molecule has 3 aromatic rings. The molecular weight excluding hydrogens is 342 g/mol. The summed E-state index contributed by atoms with van der Waals surface area (Å²) in [7, 11) is -3.26. The summed E-state index contributed by atoms with van der Waals surface area (Å²) in [5.41, 5.74) is 2.10. The van der Waals surface area contributed by atoms with E-state index in [1.54, 1.807) is 23.9 Å².